The largest absolute Gasteiger partial charge is 0.433 e. The van der Waals surface area contributed by atoms with Crippen LogP contribution in [0.15, 0.2) is 53.5 Å². The second-order valence-electron chi connectivity index (χ2n) is 7.17. The van der Waals surface area contributed by atoms with E-state index in [-0.39, 0.29) is 54.0 Å². The normalized spacial score (nSPS) is 15.7. The standard InChI is InChI=1S/C22H26F3N5O2.HI/c1-2-26-22(27-13-20(31)28-16-9-7-15(23)8-10-16)29-17-11-12-30(14-17)18-5-3-4-6-19(18)32-21(24)25;/h3-10,17,21H,2,11-14H2,1H3,(H,28,31)(H2,26,27,29);1H. The first-order valence-corrected chi connectivity index (χ1v) is 10.3. The summed E-state index contributed by atoms with van der Waals surface area (Å²) in [5.41, 5.74) is 1.10. The lowest BCUT2D eigenvalue weighted by molar-refractivity contribution is -0.114. The number of anilines is 2. The van der Waals surface area contributed by atoms with Crippen molar-refractivity contribution in [2.45, 2.75) is 26.0 Å². The lowest BCUT2D eigenvalue weighted by atomic mass is 10.2. The Labute approximate surface area is 207 Å². The van der Waals surface area contributed by atoms with Gasteiger partial charge in [-0.25, -0.2) is 9.38 Å². The molecule has 0 aromatic heterocycles. The number of para-hydroxylation sites is 2. The van der Waals surface area contributed by atoms with Gasteiger partial charge in [-0.3, -0.25) is 4.79 Å². The van der Waals surface area contributed by atoms with Gasteiger partial charge in [-0.05, 0) is 49.7 Å². The molecule has 0 radical (unpaired) electrons. The van der Waals surface area contributed by atoms with Gasteiger partial charge in [0, 0.05) is 31.4 Å². The van der Waals surface area contributed by atoms with Crippen molar-refractivity contribution in [1.82, 2.24) is 10.6 Å². The quantitative estimate of drug-likeness (QED) is 0.253. The summed E-state index contributed by atoms with van der Waals surface area (Å²) in [5.74, 6) is -0.0968. The van der Waals surface area contributed by atoms with Crippen molar-refractivity contribution in [3.05, 3.63) is 54.3 Å². The SMILES string of the molecule is CCNC(=NCC(=O)Nc1ccc(F)cc1)NC1CCN(c2ccccc2OC(F)F)C1.I. The number of halogens is 4. The Morgan fingerprint density at radius 3 is 2.64 bits per heavy atom. The number of hydrogen-bond acceptors (Lipinski definition) is 4. The van der Waals surface area contributed by atoms with Crippen LogP contribution >= 0.6 is 24.0 Å². The van der Waals surface area contributed by atoms with Gasteiger partial charge < -0.3 is 25.6 Å². The number of amides is 1. The average molecular weight is 577 g/mol. The molecule has 0 aliphatic carbocycles. The van der Waals surface area contributed by atoms with Crippen LogP contribution in [0.1, 0.15) is 13.3 Å². The zero-order valence-electron chi connectivity index (χ0n) is 18.1. The van der Waals surface area contributed by atoms with Gasteiger partial charge in [-0.2, -0.15) is 8.78 Å². The van der Waals surface area contributed by atoms with Crippen molar-refractivity contribution in [3.8, 4) is 5.75 Å². The predicted molar refractivity (Wildman–Crippen MR) is 133 cm³/mol. The van der Waals surface area contributed by atoms with Crippen LogP contribution in [0.5, 0.6) is 5.75 Å². The van der Waals surface area contributed by atoms with Crippen LogP contribution < -0.4 is 25.6 Å². The molecular formula is C22H27F3IN5O2. The molecule has 33 heavy (non-hydrogen) atoms. The Morgan fingerprint density at radius 1 is 1.21 bits per heavy atom. The van der Waals surface area contributed by atoms with E-state index in [0.29, 0.717) is 37.0 Å². The van der Waals surface area contributed by atoms with Gasteiger partial charge >= 0.3 is 6.61 Å². The minimum absolute atomic E-state index is 0. The van der Waals surface area contributed by atoms with Crippen molar-refractivity contribution in [1.29, 1.82) is 0 Å². The van der Waals surface area contributed by atoms with Crippen LogP contribution in [0.3, 0.4) is 0 Å². The third kappa shape index (κ3) is 8.30. The van der Waals surface area contributed by atoms with Crippen molar-refractivity contribution >= 4 is 47.2 Å². The molecule has 3 rings (SSSR count). The summed E-state index contributed by atoms with van der Waals surface area (Å²) in [6.45, 7) is 0.735. The summed E-state index contributed by atoms with van der Waals surface area (Å²) in [6, 6.07) is 12.2. The van der Waals surface area contributed by atoms with Crippen molar-refractivity contribution in [2.24, 2.45) is 4.99 Å². The van der Waals surface area contributed by atoms with Gasteiger partial charge in [-0.15, -0.1) is 24.0 Å². The second kappa shape index (κ2) is 13.1. The fraction of sp³-hybridized carbons (Fsp3) is 0.364. The predicted octanol–water partition coefficient (Wildman–Crippen LogP) is 3.82. The number of aliphatic imine (C=N–C) groups is 1. The maximum absolute atomic E-state index is 13.0. The molecule has 1 atom stereocenters. The Morgan fingerprint density at radius 2 is 1.94 bits per heavy atom. The zero-order chi connectivity index (χ0) is 22.9. The molecule has 1 aliphatic heterocycles. The molecular weight excluding hydrogens is 550 g/mol. The number of hydrogen-bond donors (Lipinski definition) is 3. The molecule has 1 saturated heterocycles. The third-order valence-electron chi connectivity index (χ3n) is 4.80. The highest BCUT2D eigenvalue weighted by Gasteiger charge is 2.26. The summed E-state index contributed by atoms with van der Waals surface area (Å²) < 4.78 is 43.0. The van der Waals surface area contributed by atoms with E-state index in [0.717, 1.165) is 6.42 Å². The van der Waals surface area contributed by atoms with Gasteiger partial charge in [0.05, 0.1) is 5.69 Å². The monoisotopic (exact) mass is 577 g/mol. The van der Waals surface area contributed by atoms with Crippen LogP contribution in [-0.4, -0.2) is 50.7 Å². The summed E-state index contributed by atoms with van der Waals surface area (Å²) >= 11 is 0. The Bertz CT molecular complexity index is 931. The highest BCUT2D eigenvalue weighted by atomic mass is 127. The molecule has 11 heteroatoms. The summed E-state index contributed by atoms with van der Waals surface area (Å²) in [5, 5.41) is 9.04. The van der Waals surface area contributed by atoms with Gasteiger partial charge in [0.25, 0.3) is 0 Å². The minimum Gasteiger partial charge on any atom is -0.433 e. The molecule has 7 nitrogen and oxygen atoms in total. The fourth-order valence-corrected chi connectivity index (χ4v) is 3.41. The maximum atomic E-state index is 13.0. The first-order chi connectivity index (χ1) is 15.4. The molecule has 0 bridgehead atoms. The van der Waals surface area contributed by atoms with Gasteiger partial charge in [-0.1, -0.05) is 12.1 Å². The highest BCUT2D eigenvalue weighted by Crippen LogP contribution is 2.31. The van der Waals surface area contributed by atoms with Crippen LogP contribution in [0, 0.1) is 5.82 Å². The lowest BCUT2D eigenvalue weighted by Crippen LogP contribution is -2.45. The zero-order valence-corrected chi connectivity index (χ0v) is 20.4. The van der Waals surface area contributed by atoms with E-state index in [1.54, 1.807) is 18.2 Å². The van der Waals surface area contributed by atoms with Crippen molar-refractivity contribution in [2.75, 3.05) is 36.4 Å². The summed E-state index contributed by atoms with van der Waals surface area (Å²) in [7, 11) is 0. The molecule has 1 amide bonds. The number of ether oxygens (including phenoxy) is 1. The fourth-order valence-electron chi connectivity index (χ4n) is 3.41. The van der Waals surface area contributed by atoms with Crippen molar-refractivity contribution < 1.29 is 22.7 Å². The Kier molecular flexibility index (Phi) is 10.6. The summed E-state index contributed by atoms with van der Waals surface area (Å²) in [4.78, 5) is 18.4. The molecule has 0 spiro atoms. The van der Waals surface area contributed by atoms with E-state index in [2.05, 4.69) is 25.7 Å². The van der Waals surface area contributed by atoms with Gasteiger partial charge in [0.1, 0.15) is 18.1 Å². The van der Waals surface area contributed by atoms with Crippen LogP contribution in [0.25, 0.3) is 0 Å². The average Bonchev–Trinajstić information content (AvgIpc) is 3.22. The number of carbonyl (C=O) groups excluding carboxylic acids is 1. The molecule has 0 saturated carbocycles. The Balaban J connectivity index is 0.00000385. The molecule has 2 aromatic carbocycles. The van der Waals surface area contributed by atoms with Gasteiger partial charge in [0.15, 0.2) is 5.96 Å². The summed E-state index contributed by atoms with van der Waals surface area (Å²) in [6.07, 6.45) is 0.759. The van der Waals surface area contributed by atoms with Crippen molar-refractivity contribution in [3.63, 3.8) is 0 Å². The number of carbonyl (C=O) groups is 1. The second-order valence-corrected chi connectivity index (χ2v) is 7.17. The van der Waals surface area contributed by atoms with E-state index in [4.69, 9.17) is 0 Å². The number of guanidine groups is 1. The number of alkyl halides is 2. The minimum atomic E-state index is -2.89. The Hall–Kier alpha value is -2.70. The lowest BCUT2D eigenvalue weighted by Gasteiger charge is -2.22. The third-order valence-corrected chi connectivity index (χ3v) is 4.80. The first-order valence-electron chi connectivity index (χ1n) is 10.3. The number of nitrogens with zero attached hydrogens (tertiary/aromatic N) is 2. The van der Waals surface area contributed by atoms with E-state index < -0.39 is 6.61 Å². The molecule has 3 N–H and O–H groups in total. The highest BCUT2D eigenvalue weighted by molar-refractivity contribution is 14.0. The molecule has 1 heterocycles. The molecule has 1 aliphatic rings. The topological polar surface area (TPSA) is 78.0 Å². The molecule has 1 unspecified atom stereocenters. The molecule has 180 valence electrons. The number of benzene rings is 2. The van der Waals surface area contributed by atoms with E-state index >= 15 is 0 Å². The smallest absolute Gasteiger partial charge is 0.387 e. The van der Waals surface area contributed by atoms with E-state index in [1.165, 1.54) is 30.3 Å². The number of nitrogens with one attached hydrogen (secondary N) is 3. The molecule has 2 aromatic rings. The van der Waals surface area contributed by atoms with E-state index in [9.17, 15) is 18.0 Å². The van der Waals surface area contributed by atoms with Gasteiger partial charge in [0.2, 0.25) is 5.91 Å². The van der Waals surface area contributed by atoms with Crippen LogP contribution in [0.4, 0.5) is 24.5 Å². The molecule has 1 fully saturated rings. The van der Waals surface area contributed by atoms with E-state index in [1.807, 2.05) is 11.8 Å². The maximum Gasteiger partial charge on any atom is 0.387 e. The van der Waals surface area contributed by atoms with Crippen LogP contribution in [-0.2, 0) is 4.79 Å². The first kappa shape index (κ1) is 26.6. The number of rotatable bonds is 8. The van der Waals surface area contributed by atoms with Crippen LogP contribution in [0.2, 0.25) is 0 Å².